The molecular formula is C16H22ClN3O. The second kappa shape index (κ2) is 5.48. The van der Waals surface area contributed by atoms with Crippen LogP contribution in [-0.2, 0) is 6.42 Å². The molecule has 1 saturated carbocycles. The SMILES string of the molecule is COc1ccc2nc(CCCl)n(C3CCCC3(C)C)c2n1. The van der Waals surface area contributed by atoms with Crippen molar-refractivity contribution in [1.82, 2.24) is 14.5 Å². The molecule has 0 bridgehead atoms. The number of alkyl halides is 1. The number of aromatic nitrogens is 3. The molecule has 21 heavy (non-hydrogen) atoms. The molecule has 0 spiro atoms. The van der Waals surface area contributed by atoms with Gasteiger partial charge in [-0.05, 0) is 24.3 Å². The molecule has 5 heteroatoms. The van der Waals surface area contributed by atoms with Crippen LogP contribution in [0.5, 0.6) is 5.88 Å². The van der Waals surface area contributed by atoms with Gasteiger partial charge in [0.05, 0.1) is 7.11 Å². The van der Waals surface area contributed by atoms with Gasteiger partial charge < -0.3 is 9.30 Å². The maximum atomic E-state index is 5.97. The molecule has 0 radical (unpaired) electrons. The van der Waals surface area contributed by atoms with E-state index in [9.17, 15) is 0 Å². The van der Waals surface area contributed by atoms with E-state index in [4.69, 9.17) is 21.3 Å². The van der Waals surface area contributed by atoms with E-state index in [0.29, 0.717) is 17.8 Å². The van der Waals surface area contributed by atoms with Crippen molar-refractivity contribution in [2.24, 2.45) is 5.41 Å². The third kappa shape index (κ3) is 2.50. The third-order valence-electron chi connectivity index (χ3n) is 4.62. The third-order valence-corrected chi connectivity index (χ3v) is 4.81. The maximum absolute atomic E-state index is 5.97. The first-order valence-corrected chi connectivity index (χ1v) is 8.08. The Hall–Kier alpha value is -1.29. The van der Waals surface area contributed by atoms with Gasteiger partial charge in [-0.3, -0.25) is 0 Å². The van der Waals surface area contributed by atoms with Crippen LogP contribution in [0.25, 0.3) is 11.2 Å². The van der Waals surface area contributed by atoms with Crippen LogP contribution in [0.4, 0.5) is 0 Å². The summed E-state index contributed by atoms with van der Waals surface area (Å²) in [5.41, 5.74) is 2.12. The standard InChI is InChI=1S/C16H22ClN3O/c1-16(2)9-4-5-12(16)20-13(8-10-17)18-11-6-7-14(21-3)19-15(11)20/h6-7,12H,4-5,8-10H2,1-3H3. The molecule has 0 aliphatic heterocycles. The van der Waals surface area contributed by atoms with Crippen molar-refractivity contribution in [3.8, 4) is 5.88 Å². The molecule has 1 atom stereocenters. The van der Waals surface area contributed by atoms with Gasteiger partial charge in [0.25, 0.3) is 0 Å². The van der Waals surface area contributed by atoms with Gasteiger partial charge in [-0.25, -0.2) is 4.98 Å². The van der Waals surface area contributed by atoms with Crippen LogP contribution in [0.15, 0.2) is 12.1 Å². The van der Waals surface area contributed by atoms with Crippen molar-refractivity contribution < 1.29 is 4.74 Å². The number of rotatable bonds is 4. The van der Waals surface area contributed by atoms with Crippen LogP contribution >= 0.6 is 11.6 Å². The van der Waals surface area contributed by atoms with Crippen LogP contribution in [-0.4, -0.2) is 27.5 Å². The number of fused-ring (bicyclic) bond motifs is 1. The van der Waals surface area contributed by atoms with Gasteiger partial charge in [-0.15, -0.1) is 11.6 Å². The zero-order valence-electron chi connectivity index (χ0n) is 12.9. The van der Waals surface area contributed by atoms with Crippen LogP contribution in [0.2, 0.25) is 0 Å². The van der Waals surface area contributed by atoms with E-state index in [1.54, 1.807) is 7.11 Å². The van der Waals surface area contributed by atoms with Crippen molar-refractivity contribution >= 4 is 22.8 Å². The largest absolute Gasteiger partial charge is 0.481 e. The van der Waals surface area contributed by atoms with Crippen molar-refractivity contribution in [3.05, 3.63) is 18.0 Å². The van der Waals surface area contributed by atoms with Gasteiger partial charge in [0, 0.05) is 24.4 Å². The Morgan fingerprint density at radius 2 is 2.19 bits per heavy atom. The van der Waals surface area contributed by atoms with Crippen LogP contribution in [0, 0.1) is 5.41 Å². The Balaban J connectivity index is 2.19. The summed E-state index contributed by atoms with van der Waals surface area (Å²) in [6.07, 6.45) is 4.43. The summed E-state index contributed by atoms with van der Waals surface area (Å²) in [6, 6.07) is 4.28. The Morgan fingerprint density at radius 1 is 1.38 bits per heavy atom. The second-order valence-corrected chi connectivity index (χ2v) is 6.81. The fourth-order valence-corrected chi connectivity index (χ4v) is 3.66. The summed E-state index contributed by atoms with van der Waals surface area (Å²) in [5, 5.41) is 0. The van der Waals surface area contributed by atoms with E-state index in [1.807, 2.05) is 12.1 Å². The maximum Gasteiger partial charge on any atom is 0.215 e. The highest BCUT2D eigenvalue weighted by atomic mass is 35.5. The number of halogens is 1. The van der Waals surface area contributed by atoms with Gasteiger partial charge in [0.2, 0.25) is 5.88 Å². The van der Waals surface area contributed by atoms with Gasteiger partial charge in [0.15, 0.2) is 5.65 Å². The molecule has 0 aromatic carbocycles. The van der Waals surface area contributed by atoms with Crippen LogP contribution in [0.1, 0.15) is 45.0 Å². The zero-order chi connectivity index (χ0) is 15.0. The topological polar surface area (TPSA) is 39.9 Å². The highest BCUT2D eigenvalue weighted by Gasteiger charge is 2.37. The zero-order valence-corrected chi connectivity index (χ0v) is 13.7. The van der Waals surface area contributed by atoms with E-state index in [-0.39, 0.29) is 5.41 Å². The van der Waals surface area contributed by atoms with Gasteiger partial charge in [0.1, 0.15) is 11.3 Å². The lowest BCUT2D eigenvalue weighted by Gasteiger charge is -2.29. The number of hydrogen-bond acceptors (Lipinski definition) is 3. The fraction of sp³-hybridized carbons (Fsp3) is 0.625. The summed E-state index contributed by atoms with van der Waals surface area (Å²) in [4.78, 5) is 9.39. The highest BCUT2D eigenvalue weighted by molar-refractivity contribution is 6.17. The first-order valence-electron chi connectivity index (χ1n) is 7.54. The molecule has 2 heterocycles. The molecule has 4 nitrogen and oxygen atoms in total. The number of pyridine rings is 1. The van der Waals surface area contributed by atoms with E-state index < -0.39 is 0 Å². The van der Waals surface area contributed by atoms with E-state index in [1.165, 1.54) is 19.3 Å². The molecule has 0 saturated heterocycles. The molecule has 3 rings (SSSR count). The number of imidazole rings is 1. The monoisotopic (exact) mass is 307 g/mol. The molecule has 1 unspecified atom stereocenters. The number of nitrogens with zero attached hydrogens (tertiary/aromatic N) is 3. The second-order valence-electron chi connectivity index (χ2n) is 6.43. The summed E-state index contributed by atoms with van der Waals surface area (Å²) >= 11 is 5.97. The molecule has 114 valence electrons. The summed E-state index contributed by atoms with van der Waals surface area (Å²) in [5.74, 6) is 2.26. The Bertz CT molecular complexity index is 650. The van der Waals surface area contributed by atoms with Gasteiger partial charge >= 0.3 is 0 Å². The number of methoxy groups -OCH3 is 1. The molecule has 0 N–H and O–H groups in total. The van der Waals surface area contributed by atoms with Crippen molar-refractivity contribution in [2.75, 3.05) is 13.0 Å². The van der Waals surface area contributed by atoms with Crippen molar-refractivity contribution in [3.63, 3.8) is 0 Å². The number of hydrogen-bond donors (Lipinski definition) is 0. The highest BCUT2D eigenvalue weighted by Crippen LogP contribution is 2.47. The fourth-order valence-electron chi connectivity index (χ4n) is 3.49. The van der Waals surface area contributed by atoms with Crippen molar-refractivity contribution in [1.29, 1.82) is 0 Å². The lowest BCUT2D eigenvalue weighted by atomic mass is 9.87. The quantitative estimate of drug-likeness (QED) is 0.802. The number of aryl methyl sites for hydroxylation is 1. The smallest absolute Gasteiger partial charge is 0.215 e. The first kappa shape index (κ1) is 14.6. The normalized spacial score (nSPS) is 21.0. The van der Waals surface area contributed by atoms with E-state index in [0.717, 1.165) is 23.4 Å². The Labute approximate surface area is 130 Å². The summed E-state index contributed by atoms with van der Waals surface area (Å²) < 4.78 is 7.60. The Morgan fingerprint density at radius 3 is 2.81 bits per heavy atom. The average Bonchev–Trinajstić information content (AvgIpc) is 2.97. The lowest BCUT2D eigenvalue weighted by molar-refractivity contribution is 0.260. The molecule has 0 amide bonds. The minimum atomic E-state index is 0.263. The van der Waals surface area contributed by atoms with E-state index >= 15 is 0 Å². The van der Waals surface area contributed by atoms with Crippen molar-refractivity contribution in [2.45, 2.75) is 45.6 Å². The molecule has 2 aromatic heterocycles. The van der Waals surface area contributed by atoms with Crippen LogP contribution < -0.4 is 4.74 Å². The summed E-state index contributed by atoms with van der Waals surface area (Å²) in [6.45, 7) is 4.67. The molecule has 2 aromatic rings. The lowest BCUT2D eigenvalue weighted by Crippen LogP contribution is -2.23. The number of ether oxygens (including phenoxy) is 1. The summed E-state index contributed by atoms with van der Waals surface area (Å²) in [7, 11) is 1.65. The minimum absolute atomic E-state index is 0.263. The van der Waals surface area contributed by atoms with Gasteiger partial charge in [-0.2, -0.15) is 4.98 Å². The Kier molecular flexibility index (Phi) is 3.82. The molecule has 1 aliphatic carbocycles. The predicted molar refractivity (Wildman–Crippen MR) is 85.2 cm³/mol. The molecule has 1 fully saturated rings. The molecule has 1 aliphatic rings. The predicted octanol–water partition coefficient (Wildman–Crippen LogP) is 3.97. The van der Waals surface area contributed by atoms with Gasteiger partial charge in [-0.1, -0.05) is 20.3 Å². The minimum Gasteiger partial charge on any atom is -0.481 e. The van der Waals surface area contributed by atoms with E-state index in [2.05, 4.69) is 23.4 Å². The molecular weight excluding hydrogens is 286 g/mol. The van der Waals surface area contributed by atoms with Crippen LogP contribution in [0.3, 0.4) is 0 Å². The average molecular weight is 308 g/mol. The first-order chi connectivity index (χ1) is 10.1.